The number of anilines is 1. The molecule has 5 rings (SSSR count). The summed E-state index contributed by atoms with van der Waals surface area (Å²) in [6, 6.07) is 9.76. The molecule has 0 radical (unpaired) electrons. The number of benzene rings is 2. The maximum atomic E-state index is 14.2. The van der Waals surface area contributed by atoms with E-state index in [2.05, 4.69) is 26.1 Å². The number of halogens is 2. The summed E-state index contributed by atoms with van der Waals surface area (Å²) in [5.41, 5.74) is 8.61. The fraction of sp³-hybridized carbons (Fsp3) is 0.250. The van der Waals surface area contributed by atoms with Gasteiger partial charge in [0, 0.05) is 27.1 Å². The molecule has 2 aromatic carbocycles. The quantitative estimate of drug-likeness (QED) is 0.536. The van der Waals surface area contributed by atoms with Gasteiger partial charge in [0.15, 0.2) is 0 Å². The lowest BCUT2D eigenvalue weighted by atomic mass is 10.0. The molecule has 9 heteroatoms. The Bertz CT molecular complexity index is 1330. The zero-order chi connectivity index (χ0) is 23.3. The van der Waals surface area contributed by atoms with Crippen molar-refractivity contribution in [3.63, 3.8) is 0 Å². The van der Waals surface area contributed by atoms with Gasteiger partial charge in [0.05, 0.1) is 18.7 Å². The second-order valence-electron chi connectivity index (χ2n) is 8.35. The number of aryl methyl sites for hydroxylation is 1. The molecule has 1 saturated carbocycles. The van der Waals surface area contributed by atoms with E-state index >= 15 is 0 Å². The molecule has 2 amide bonds. The van der Waals surface area contributed by atoms with Crippen molar-refractivity contribution in [2.24, 2.45) is 5.73 Å². The second-order valence-corrected chi connectivity index (χ2v) is 9.14. The maximum absolute atomic E-state index is 14.2. The lowest BCUT2D eigenvalue weighted by Crippen LogP contribution is -2.30. The van der Waals surface area contributed by atoms with Gasteiger partial charge in [-0.15, -0.1) is 10.2 Å². The number of carbonyl (C=O) groups is 2. The van der Waals surface area contributed by atoms with Gasteiger partial charge in [0.25, 0.3) is 0 Å². The number of carbonyl (C=O) groups excluding carboxylic acids is 2. The van der Waals surface area contributed by atoms with Crippen molar-refractivity contribution in [1.82, 2.24) is 10.2 Å². The Hall–Kier alpha value is -3.33. The van der Waals surface area contributed by atoms with Crippen LogP contribution in [0.4, 0.5) is 10.1 Å². The number of hydrogen-bond acceptors (Lipinski definition) is 5. The summed E-state index contributed by atoms with van der Waals surface area (Å²) in [6.45, 7) is 1.80. The monoisotopic (exact) mass is 510 g/mol. The van der Waals surface area contributed by atoms with E-state index in [1.54, 1.807) is 37.3 Å². The third-order valence-electron chi connectivity index (χ3n) is 5.91. The van der Waals surface area contributed by atoms with E-state index in [9.17, 15) is 14.0 Å². The number of hydrogen-bond donors (Lipinski definition) is 1. The van der Waals surface area contributed by atoms with Crippen LogP contribution in [0.2, 0.25) is 0 Å². The van der Waals surface area contributed by atoms with E-state index in [1.165, 1.54) is 11.0 Å². The summed E-state index contributed by atoms with van der Waals surface area (Å²) < 4.78 is 20.7. The molecule has 1 fully saturated rings. The van der Waals surface area contributed by atoms with E-state index < -0.39 is 5.91 Å². The molecular weight excluding hydrogens is 491 g/mol. The average molecular weight is 511 g/mol. The van der Waals surface area contributed by atoms with Crippen LogP contribution in [0.3, 0.4) is 0 Å². The Labute approximate surface area is 197 Å². The molecule has 3 aromatic rings. The molecule has 2 N–H and O–H groups in total. The summed E-state index contributed by atoms with van der Waals surface area (Å²) in [7, 11) is 0. The Morgan fingerprint density at radius 3 is 2.73 bits per heavy atom. The predicted octanol–water partition coefficient (Wildman–Crippen LogP) is 4.69. The van der Waals surface area contributed by atoms with E-state index in [4.69, 9.17) is 10.2 Å². The number of nitrogens with zero attached hydrogens (tertiary/aromatic N) is 3. The smallest absolute Gasteiger partial charge is 0.248 e. The molecule has 0 spiro atoms. The Kier molecular flexibility index (Phi) is 5.36. The van der Waals surface area contributed by atoms with Crippen LogP contribution < -0.4 is 10.6 Å². The molecule has 0 atom stereocenters. The number of amides is 2. The average Bonchev–Trinajstić information content (AvgIpc) is 3.55. The van der Waals surface area contributed by atoms with Crippen LogP contribution in [-0.4, -0.2) is 22.0 Å². The number of rotatable bonds is 5. The molecule has 0 unspecified atom stereocenters. The fourth-order valence-corrected chi connectivity index (χ4v) is 4.47. The van der Waals surface area contributed by atoms with Gasteiger partial charge in [-0.2, -0.15) is 0 Å². The van der Waals surface area contributed by atoms with Crippen molar-refractivity contribution < 1.29 is 18.4 Å². The Morgan fingerprint density at radius 2 is 2.03 bits per heavy atom. The number of aromatic nitrogens is 2. The van der Waals surface area contributed by atoms with Gasteiger partial charge < -0.3 is 15.1 Å². The summed E-state index contributed by atoms with van der Waals surface area (Å²) in [5.74, 6) is -0.0718. The SMILES string of the molecule is Cc1ccc(CN2C(=O)CC(c3nnc(C4CC4)o3)=C(Br)c3ccc(C(N)=O)cc32)cc1F. The second kappa shape index (κ2) is 8.22. The predicted molar refractivity (Wildman–Crippen MR) is 124 cm³/mol. The van der Waals surface area contributed by atoms with Crippen LogP contribution in [0.1, 0.15) is 64.0 Å². The van der Waals surface area contributed by atoms with E-state index in [0.29, 0.717) is 38.3 Å². The molecule has 168 valence electrons. The molecule has 33 heavy (non-hydrogen) atoms. The highest BCUT2D eigenvalue weighted by atomic mass is 79.9. The third-order valence-corrected chi connectivity index (χ3v) is 6.81. The maximum Gasteiger partial charge on any atom is 0.248 e. The first-order valence-electron chi connectivity index (χ1n) is 10.5. The molecule has 1 aliphatic carbocycles. The first-order valence-corrected chi connectivity index (χ1v) is 11.3. The fourth-order valence-electron chi connectivity index (χ4n) is 3.83. The van der Waals surface area contributed by atoms with Crippen LogP contribution in [0.5, 0.6) is 0 Å². The standard InChI is InChI=1S/C24H20BrFN4O3/c1-12-2-3-13(8-18(12)26)11-30-19-9-15(22(27)32)6-7-16(19)21(25)17(10-20(30)31)24-29-28-23(33-24)14-4-5-14/h2-3,6-9,14H,4-5,10-11H2,1H3,(H2,27,32). The number of nitrogens with two attached hydrogens (primary N) is 1. The highest BCUT2D eigenvalue weighted by Crippen LogP contribution is 2.44. The van der Waals surface area contributed by atoms with Crippen LogP contribution >= 0.6 is 15.9 Å². The highest BCUT2D eigenvalue weighted by molar-refractivity contribution is 9.15. The van der Waals surface area contributed by atoms with E-state index in [0.717, 1.165) is 12.8 Å². The van der Waals surface area contributed by atoms with Crippen molar-refractivity contribution in [1.29, 1.82) is 0 Å². The molecule has 7 nitrogen and oxygen atoms in total. The van der Waals surface area contributed by atoms with Crippen LogP contribution in [0.15, 0.2) is 40.8 Å². The molecule has 1 aromatic heterocycles. The van der Waals surface area contributed by atoms with Gasteiger partial charge >= 0.3 is 0 Å². The Balaban J connectivity index is 1.61. The summed E-state index contributed by atoms with van der Waals surface area (Å²) in [6.07, 6.45) is 2.02. The first kappa shape index (κ1) is 21.5. The van der Waals surface area contributed by atoms with Crippen LogP contribution in [-0.2, 0) is 11.3 Å². The minimum Gasteiger partial charge on any atom is -0.421 e. The largest absolute Gasteiger partial charge is 0.421 e. The van der Waals surface area contributed by atoms with Gasteiger partial charge in [0.2, 0.25) is 23.6 Å². The normalized spacial score (nSPS) is 16.1. The van der Waals surface area contributed by atoms with Gasteiger partial charge in [-0.1, -0.05) is 18.2 Å². The number of fused-ring (bicyclic) bond motifs is 1. The number of primary amides is 1. The third kappa shape index (κ3) is 4.08. The molecule has 0 bridgehead atoms. The topological polar surface area (TPSA) is 102 Å². The van der Waals surface area contributed by atoms with Crippen molar-refractivity contribution in [2.75, 3.05) is 4.90 Å². The van der Waals surface area contributed by atoms with E-state index in [1.807, 2.05) is 0 Å². The summed E-state index contributed by atoms with van der Waals surface area (Å²) >= 11 is 3.62. The van der Waals surface area contributed by atoms with Gasteiger partial charge in [-0.25, -0.2) is 4.39 Å². The minimum absolute atomic E-state index is 0.0121. The summed E-state index contributed by atoms with van der Waals surface area (Å²) in [4.78, 5) is 26.8. The molecule has 2 aliphatic rings. The Morgan fingerprint density at radius 1 is 1.24 bits per heavy atom. The van der Waals surface area contributed by atoms with Crippen molar-refractivity contribution in [2.45, 2.75) is 38.6 Å². The minimum atomic E-state index is -0.609. The first-order chi connectivity index (χ1) is 15.8. The van der Waals surface area contributed by atoms with Gasteiger partial charge in [-0.3, -0.25) is 9.59 Å². The van der Waals surface area contributed by atoms with Gasteiger partial charge in [-0.05, 0) is 65.0 Å². The van der Waals surface area contributed by atoms with Crippen molar-refractivity contribution >= 4 is 43.5 Å². The lowest BCUT2D eigenvalue weighted by molar-refractivity contribution is -0.117. The van der Waals surface area contributed by atoms with E-state index in [-0.39, 0.29) is 42.1 Å². The zero-order valence-electron chi connectivity index (χ0n) is 17.8. The van der Waals surface area contributed by atoms with Crippen molar-refractivity contribution in [3.05, 3.63) is 76.3 Å². The van der Waals surface area contributed by atoms with Crippen LogP contribution in [0.25, 0.3) is 10.1 Å². The zero-order valence-corrected chi connectivity index (χ0v) is 19.4. The van der Waals surface area contributed by atoms with Crippen LogP contribution in [0, 0.1) is 12.7 Å². The molecular formula is C24H20BrFN4O3. The molecule has 2 heterocycles. The molecule has 1 aliphatic heterocycles. The van der Waals surface area contributed by atoms with Gasteiger partial charge in [0.1, 0.15) is 5.82 Å². The summed E-state index contributed by atoms with van der Waals surface area (Å²) in [5, 5.41) is 8.32. The molecule has 0 saturated heterocycles. The van der Waals surface area contributed by atoms with Crippen molar-refractivity contribution in [3.8, 4) is 0 Å². The highest BCUT2D eigenvalue weighted by Gasteiger charge is 2.33. The lowest BCUT2D eigenvalue weighted by Gasteiger charge is -2.24.